The van der Waals surface area contributed by atoms with Gasteiger partial charge < -0.3 is 14.9 Å². The zero-order chi connectivity index (χ0) is 17.4. The molecule has 0 aliphatic carbocycles. The van der Waals surface area contributed by atoms with Crippen LogP contribution in [-0.2, 0) is 0 Å². The molecular weight excluding hydrogens is 284 g/mol. The van der Waals surface area contributed by atoms with Crippen LogP contribution in [0.1, 0.15) is 47.0 Å². The molecular formula is C20H38N2O. The summed E-state index contributed by atoms with van der Waals surface area (Å²) in [4.78, 5) is 4.54. The molecule has 0 aromatic heterocycles. The Morgan fingerprint density at radius 1 is 0.957 bits per heavy atom. The highest BCUT2D eigenvalue weighted by Crippen LogP contribution is 2.19. The predicted molar refractivity (Wildman–Crippen MR) is 101 cm³/mol. The number of hydrogen-bond acceptors (Lipinski definition) is 3. The van der Waals surface area contributed by atoms with Gasteiger partial charge in [0.1, 0.15) is 0 Å². The summed E-state index contributed by atoms with van der Waals surface area (Å²) in [6.45, 7) is 13.1. The SMILES string of the molecule is CC(C)C1=CCN(C)CC(O)C1.CC(C)C1=CCN(C)CCC1. The maximum Gasteiger partial charge on any atom is 0.0704 e. The summed E-state index contributed by atoms with van der Waals surface area (Å²) >= 11 is 0. The van der Waals surface area contributed by atoms with Crippen LogP contribution in [0, 0.1) is 11.8 Å². The number of aliphatic hydroxyl groups is 1. The fourth-order valence-electron chi connectivity index (χ4n) is 3.14. The first-order valence-corrected chi connectivity index (χ1v) is 9.22. The van der Waals surface area contributed by atoms with Crippen LogP contribution in [0.5, 0.6) is 0 Å². The van der Waals surface area contributed by atoms with Crippen LogP contribution in [0.15, 0.2) is 23.3 Å². The zero-order valence-corrected chi connectivity index (χ0v) is 16.2. The zero-order valence-electron chi connectivity index (χ0n) is 16.2. The Balaban J connectivity index is 0.000000231. The molecule has 1 atom stereocenters. The Bertz CT molecular complexity index is 398. The molecule has 0 aromatic rings. The molecule has 0 saturated heterocycles. The molecule has 0 spiro atoms. The molecule has 0 saturated carbocycles. The molecule has 0 bridgehead atoms. The minimum absolute atomic E-state index is 0.175. The summed E-state index contributed by atoms with van der Waals surface area (Å²) in [7, 11) is 4.24. The Hall–Kier alpha value is -0.640. The highest BCUT2D eigenvalue weighted by atomic mass is 16.3. The van der Waals surface area contributed by atoms with E-state index < -0.39 is 0 Å². The Morgan fingerprint density at radius 2 is 1.52 bits per heavy atom. The average molecular weight is 323 g/mol. The van der Waals surface area contributed by atoms with E-state index in [0.29, 0.717) is 5.92 Å². The van der Waals surface area contributed by atoms with Crippen molar-refractivity contribution >= 4 is 0 Å². The third kappa shape index (κ3) is 8.14. The number of nitrogens with zero attached hydrogens (tertiary/aromatic N) is 2. The van der Waals surface area contributed by atoms with E-state index >= 15 is 0 Å². The summed E-state index contributed by atoms with van der Waals surface area (Å²) in [5.41, 5.74) is 3.04. The number of aliphatic hydroxyl groups excluding tert-OH is 1. The second-order valence-electron chi connectivity index (χ2n) is 7.81. The lowest BCUT2D eigenvalue weighted by Crippen LogP contribution is -2.27. The van der Waals surface area contributed by atoms with Gasteiger partial charge in [0.05, 0.1) is 6.10 Å². The molecule has 134 valence electrons. The van der Waals surface area contributed by atoms with Crippen molar-refractivity contribution in [1.29, 1.82) is 0 Å². The normalized spacial score (nSPS) is 24.5. The Labute approximate surface area is 144 Å². The van der Waals surface area contributed by atoms with Gasteiger partial charge in [0.25, 0.3) is 0 Å². The first-order valence-electron chi connectivity index (χ1n) is 9.22. The van der Waals surface area contributed by atoms with E-state index in [1.165, 1.54) is 25.0 Å². The molecule has 0 fully saturated rings. The van der Waals surface area contributed by atoms with Gasteiger partial charge in [-0.25, -0.2) is 0 Å². The van der Waals surface area contributed by atoms with E-state index in [1.54, 1.807) is 5.57 Å². The molecule has 2 heterocycles. The molecule has 1 N–H and O–H groups in total. The third-order valence-electron chi connectivity index (χ3n) is 4.81. The van der Waals surface area contributed by atoms with Gasteiger partial charge in [0.15, 0.2) is 0 Å². The van der Waals surface area contributed by atoms with E-state index in [2.05, 4.69) is 56.7 Å². The Kier molecular flexibility index (Phi) is 9.11. The number of rotatable bonds is 2. The standard InChI is InChI=1S/C10H19NO.C10H19N/c1-8(2)9-4-5-11(3)7-10(12)6-9;1-9(2)10-5-4-7-11(3)8-6-10/h4,8,10,12H,5-7H2,1-3H3;6,9H,4-5,7-8H2,1-3H3. The van der Waals surface area contributed by atoms with E-state index in [-0.39, 0.29) is 6.10 Å². The van der Waals surface area contributed by atoms with Crippen LogP contribution in [0.3, 0.4) is 0 Å². The second kappa shape index (κ2) is 10.3. The lowest BCUT2D eigenvalue weighted by molar-refractivity contribution is 0.134. The van der Waals surface area contributed by atoms with Crippen LogP contribution in [0.25, 0.3) is 0 Å². The largest absolute Gasteiger partial charge is 0.391 e. The fourth-order valence-corrected chi connectivity index (χ4v) is 3.14. The van der Waals surface area contributed by atoms with E-state index in [1.807, 2.05) is 7.05 Å². The summed E-state index contributed by atoms with van der Waals surface area (Å²) in [5, 5.41) is 9.60. The molecule has 0 radical (unpaired) electrons. The van der Waals surface area contributed by atoms with Crippen LogP contribution in [0.2, 0.25) is 0 Å². The van der Waals surface area contributed by atoms with Crippen LogP contribution >= 0.6 is 0 Å². The Morgan fingerprint density at radius 3 is 2.13 bits per heavy atom. The van der Waals surface area contributed by atoms with E-state index in [0.717, 1.165) is 32.0 Å². The summed E-state index contributed by atoms with van der Waals surface area (Å²) in [6.07, 6.45) is 7.97. The molecule has 3 heteroatoms. The van der Waals surface area contributed by atoms with Crippen molar-refractivity contribution in [2.45, 2.75) is 53.1 Å². The van der Waals surface area contributed by atoms with Crippen LogP contribution < -0.4 is 0 Å². The first kappa shape index (κ1) is 20.4. The van der Waals surface area contributed by atoms with Crippen molar-refractivity contribution in [3.8, 4) is 0 Å². The monoisotopic (exact) mass is 322 g/mol. The van der Waals surface area contributed by atoms with Gasteiger partial charge >= 0.3 is 0 Å². The van der Waals surface area contributed by atoms with Gasteiger partial charge in [0, 0.05) is 19.6 Å². The van der Waals surface area contributed by atoms with E-state index in [9.17, 15) is 5.11 Å². The predicted octanol–water partition coefficient (Wildman–Crippen LogP) is 3.56. The summed E-state index contributed by atoms with van der Waals surface area (Å²) < 4.78 is 0. The highest BCUT2D eigenvalue weighted by molar-refractivity contribution is 5.09. The average Bonchev–Trinajstić information content (AvgIpc) is 2.77. The molecule has 0 amide bonds. The topological polar surface area (TPSA) is 26.7 Å². The summed E-state index contributed by atoms with van der Waals surface area (Å²) in [6, 6.07) is 0. The molecule has 2 rings (SSSR count). The van der Waals surface area contributed by atoms with Crippen LogP contribution in [0.4, 0.5) is 0 Å². The number of likely N-dealkylation sites (N-methyl/N-ethyl adjacent to an activating group) is 2. The minimum atomic E-state index is -0.175. The van der Waals surface area contributed by atoms with Gasteiger partial charge in [0.2, 0.25) is 0 Å². The van der Waals surface area contributed by atoms with Gasteiger partial charge in [-0.3, -0.25) is 0 Å². The number of β-amino-alcohol motifs (C(OH)–C–C–N with tert-alkyl or cyclic N) is 1. The fraction of sp³-hybridized carbons (Fsp3) is 0.800. The van der Waals surface area contributed by atoms with Crippen molar-refractivity contribution in [2.24, 2.45) is 11.8 Å². The van der Waals surface area contributed by atoms with Crippen molar-refractivity contribution in [2.75, 3.05) is 40.3 Å². The molecule has 2 aliphatic rings. The third-order valence-corrected chi connectivity index (χ3v) is 4.81. The first-order chi connectivity index (χ1) is 10.8. The van der Waals surface area contributed by atoms with Crippen LogP contribution in [-0.4, -0.2) is 61.3 Å². The molecule has 2 aliphatic heterocycles. The molecule has 23 heavy (non-hydrogen) atoms. The maximum absolute atomic E-state index is 9.60. The van der Waals surface area contributed by atoms with Gasteiger partial charge in [-0.15, -0.1) is 0 Å². The smallest absolute Gasteiger partial charge is 0.0704 e. The lowest BCUT2D eigenvalue weighted by Gasteiger charge is -2.15. The van der Waals surface area contributed by atoms with E-state index in [4.69, 9.17) is 0 Å². The molecule has 3 nitrogen and oxygen atoms in total. The number of hydrogen-bond donors (Lipinski definition) is 1. The summed E-state index contributed by atoms with van der Waals surface area (Å²) in [5.74, 6) is 1.33. The highest BCUT2D eigenvalue weighted by Gasteiger charge is 2.15. The van der Waals surface area contributed by atoms with Crippen molar-refractivity contribution in [3.63, 3.8) is 0 Å². The number of allylic oxidation sites excluding steroid dienone is 1. The maximum atomic E-state index is 9.60. The van der Waals surface area contributed by atoms with Gasteiger partial charge in [-0.05, 0) is 51.7 Å². The van der Waals surface area contributed by atoms with Gasteiger partial charge in [-0.1, -0.05) is 51.0 Å². The van der Waals surface area contributed by atoms with Gasteiger partial charge in [-0.2, -0.15) is 0 Å². The second-order valence-corrected chi connectivity index (χ2v) is 7.81. The van der Waals surface area contributed by atoms with Crippen molar-refractivity contribution in [1.82, 2.24) is 9.80 Å². The van der Waals surface area contributed by atoms with Crippen molar-refractivity contribution in [3.05, 3.63) is 23.3 Å². The molecule has 1 unspecified atom stereocenters. The minimum Gasteiger partial charge on any atom is -0.391 e. The quantitative estimate of drug-likeness (QED) is 0.788. The van der Waals surface area contributed by atoms with Crippen molar-refractivity contribution < 1.29 is 5.11 Å². The lowest BCUT2D eigenvalue weighted by atomic mass is 9.98. The molecule has 0 aromatic carbocycles.